The van der Waals surface area contributed by atoms with Crippen molar-refractivity contribution in [3.05, 3.63) is 35.4 Å². The molecular weight excluding hydrogens is 476 g/mol. The topological polar surface area (TPSA) is 175 Å². The van der Waals surface area contributed by atoms with E-state index in [2.05, 4.69) is 55.0 Å². The molecule has 0 fully saturated rings. The molecular formula is C20H24N10O4S. The molecule has 0 saturated heterocycles. The summed E-state index contributed by atoms with van der Waals surface area (Å²) >= 11 is 0.660. The van der Waals surface area contributed by atoms with Crippen molar-refractivity contribution in [3.63, 3.8) is 0 Å². The number of aromatic hydroxyl groups is 1. The monoisotopic (exact) mass is 500 g/mol. The molecule has 14 nitrogen and oxygen atoms in total. The number of hydrogen-bond acceptors (Lipinski definition) is 15. The van der Waals surface area contributed by atoms with Gasteiger partial charge in [-0.25, -0.2) is 10.2 Å². The molecule has 184 valence electrons. The SMILES string of the molecule is CN=NCN=NCN=Nc1c(SOOO)cc2c(C)c(N(C)c3nc(C)nc(C)n3)ccc2c1O. The van der Waals surface area contributed by atoms with Crippen LogP contribution in [0.4, 0.5) is 17.3 Å². The summed E-state index contributed by atoms with van der Waals surface area (Å²) in [6, 6.07) is 5.35. The molecule has 2 aromatic carbocycles. The maximum absolute atomic E-state index is 11.0. The van der Waals surface area contributed by atoms with Crippen LogP contribution < -0.4 is 4.90 Å². The van der Waals surface area contributed by atoms with E-state index in [1.54, 1.807) is 26.0 Å². The highest BCUT2D eigenvalue weighted by atomic mass is 32.2. The van der Waals surface area contributed by atoms with Gasteiger partial charge in [-0.3, -0.25) is 0 Å². The van der Waals surface area contributed by atoms with Gasteiger partial charge in [0.05, 0.1) is 16.9 Å². The quantitative estimate of drug-likeness (QED) is 0.160. The highest BCUT2D eigenvalue weighted by Crippen LogP contribution is 2.45. The fourth-order valence-corrected chi connectivity index (χ4v) is 3.78. The van der Waals surface area contributed by atoms with Crippen LogP contribution in [0.15, 0.2) is 53.8 Å². The Hall–Kier alpha value is -3.66. The van der Waals surface area contributed by atoms with E-state index >= 15 is 0 Å². The highest BCUT2D eigenvalue weighted by molar-refractivity contribution is 7.94. The number of fused-ring (bicyclic) bond motifs is 1. The van der Waals surface area contributed by atoms with Crippen LogP contribution in [0.25, 0.3) is 10.8 Å². The van der Waals surface area contributed by atoms with Crippen LogP contribution in [-0.2, 0) is 9.37 Å². The van der Waals surface area contributed by atoms with Crippen molar-refractivity contribution >= 4 is 40.1 Å². The maximum Gasteiger partial charge on any atom is 0.233 e. The molecule has 15 heteroatoms. The Bertz CT molecular complexity index is 1260. The lowest BCUT2D eigenvalue weighted by atomic mass is 10.0. The summed E-state index contributed by atoms with van der Waals surface area (Å²) in [7, 11) is 3.38. The van der Waals surface area contributed by atoms with Crippen LogP contribution in [0, 0.1) is 20.8 Å². The molecule has 0 saturated carbocycles. The molecule has 2 N–H and O–H groups in total. The summed E-state index contributed by atoms with van der Waals surface area (Å²) in [6.45, 7) is 5.53. The van der Waals surface area contributed by atoms with Gasteiger partial charge < -0.3 is 10.0 Å². The number of aromatic nitrogens is 3. The lowest BCUT2D eigenvalue weighted by Gasteiger charge is -2.21. The van der Waals surface area contributed by atoms with Crippen LogP contribution in [0.3, 0.4) is 0 Å². The van der Waals surface area contributed by atoms with Gasteiger partial charge in [-0.2, -0.15) is 35.5 Å². The Balaban J connectivity index is 2.03. The van der Waals surface area contributed by atoms with Crippen molar-refractivity contribution in [2.75, 3.05) is 32.3 Å². The van der Waals surface area contributed by atoms with Gasteiger partial charge in [0, 0.05) is 25.2 Å². The second-order valence-electron chi connectivity index (χ2n) is 7.04. The minimum absolute atomic E-state index is 0.0777. The fourth-order valence-electron chi connectivity index (χ4n) is 3.30. The third kappa shape index (κ3) is 6.27. The van der Waals surface area contributed by atoms with Gasteiger partial charge in [0.1, 0.15) is 17.3 Å². The first-order valence-electron chi connectivity index (χ1n) is 10.2. The lowest BCUT2D eigenvalue weighted by Crippen LogP contribution is -2.16. The average molecular weight is 501 g/mol. The molecule has 0 unspecified atom stereocenters. The molecule has 3 rings (SSSR count). The van der Waals surface area contributed by atoms with Crippen LogP contribution in [0.5, 0.6) is 5.75 Å². The van der Waals surface area contributed by atoms with Crippen molar-refractivity contribution in [1.82, 2.24) is 15.0 Å². The summed E-state index contributed by atoms with van der Waals surface area (Å²) in [4.78, 5) is 15.2. The first-order chi connectivity index (χ1) is 16.9. The minimum atomic E-state index is -0.129. The van der Waals surface area contributed by atoms with E-state index in [9.17, 15) is 5.11 Å². The number of aryl methyl sites for hydroxylation is 3. The zero-order valence-corrected chi connectivity index (χ0v) is 20.6. The van der Waals surface area contributed by atoms with Crippen LogP contribution in [0.2, 0.25) is 0 Å². The first kappa shape index (κ1) is 26.0. The van der Waals surface area contributed by atoms with Crippen molar-refractivity contribution in [1.29, 1.82) is 0 Å². The zero-order chi connectivity index (χ0) is 25.4. The molecule has 0 spiro atoms. The molecule has 0 aliphatic carbocycles. The number of hydrogen-bond donors (Lipinski definition) is 2. The smallest absolute Gasteiger partial charge is 0.233 e. The summed E-state index contributed by atoms with van der Waals surface area (Å²) < 4.78 is 4.61. The van der Waals surface area contributed by atoms with Crippen molar-refractivity contribution in [2.24, 2.45) is 30.7 Å². The third-order valence-corrected chi connectivity index (χ3v) is 5.42. The molecule has 1 heterocycles. The van der Waals surface area contributed by atoms with Gasteiger partial charge >= 0.3 is 0 Å². The predicted molar refractivity (Wildman–Crippen MR) is 128 cm³/mol. The largest absolute Gasteiger partial charge is 0.505 e. The summed E-state index contributed by atoms with van der Waals surface area (Å²) in [5, 5.41) is 47.4. The van der Waals surface area contributed by atoms with Crippen LogP contribution in [0.1, 0.15) is 17.2 Å². The van der Waals surface area contributed by atoms with Gasteiger partial charge in [-0.15, -0.1) is 9.45 Å². The van der Waals surface area contributed by atoms with E-state index in [1.165, 1.54) is 7.05 Å². The molecule has 0 atom stereocenters. The van der Waals surface area contributed by atoms with E-state index in [4.69, 9.17) is 5.26 Å². The number of phenols is 1. The van der Waals surface area contributed by atoms with Gasteiger partial charge in [0.15, 0.2) is 19.1 Å². The number of benzene rings is 2. The second kappa shape index (κ2) is 12.2. The lowest BCUT2D eigenvalue weighted by molar-refractivity contribution is -0.432. The van der Waals surface area contributed by atoms with Gasteiger partial charge in [0.25, 0.3) is 0 Å². The summed E-state index contributed by atoms with van der Waals surface area (Å²) in [6.07, 6.45) is 0. The third-order valence-electron chi connectivity index (χ3n) is 4.80. The van der Waals surface area contributed by atoms with Crippen LogP contribution in [-0.4, -0.2) is 52.7 Å². The van der Waals surface area contributed by atoms with Gasteiger partial charge in [-0.05, 0) is 49.9 Å². The Morgan fingerprint density at radius 2 is 1.66 bits per heavy atom. The fraction of sp³-hybridized carbons (Fsp3) is 0.350. The Kier molecular flexibility index (Phi) is 9.02. The van der Waals surface area contributed by atoms with Gasteiger partial charge in [0.2, 0.25) is 5.95 Å². The summed E-state index contributed by atoms with van der Waals surface area (Å²) in [5.41, 5.74) is 1.77. The van der Waals surface area contributed by atoms with E-state index in [-0.39, 0.29) is 24.8 Å². The second-order valence-corrected chi connectivity index (χ2v) is 7.78. The van der Waals surface area contributed by atoms with Crippen molar-refractivity contribution in [3.8, 4) is 5.75 Å². The first-order valence-corrected chi connectivity index (χ1v) is 10.9. The standard InChI is InChI=1S/C20H24N10O4S/c1-11-15-8-17(35-34-33-32)18(29-25-10-24-23-9-22-21-4)19(31)14(15)6-7-16(11)30(5)20-27-12(2)26-13(3)28-20/h6-8,31-32H,9-10H2,1-5H3. The van der Waals surface area contributed by atoms with E-state index in [0.29, 0.717) is 45.3 Å². The molecule has 0 radical (unpaired) electrons. The number of nitrogens with zero attached hydrogens (tertiary/aromatic N) is 10. The van der Waals surface area contributed by atoms with Gasteiger partial charge in [-0.1, -0.05) is 5.04 Å². The average Bonchev–Trinajstić information content (AvgIpc) is 2.83. The van der Waals surface area contributed by atoms with E-state index in [0.717, 1.165) is 11.3 Å². The predicted octanol–water partition coefficient (Wildman–Crippen LogP) is 5.38. The number of anilines is 2. The Labute approximate surface area is 204 Å². The van der Waals surface area contributed by atoms with Crippen molar-refractivity contribution < 1.29 is 19.7 Å². The zero-order valence-electron chi connectivity index (χ0n) is 19.7. The minimum Gasteiger partial charge on any atom is -0.505 e. The molecule has 0 bridgehead atoms. The number of phenolic OH excluding ortho intramolecular Hbond substituents is 1. The van der Waals surface area contributed by atoms with E-state index in [1.807, 2.05) is 24.9 Å². The normalized spacial score (nSPS) is 12.1. The molecule has 0 aliphatic heterocycles. The molecule has 3 aromatic rings. The maximum atomic E-state index is 11.0. The number of azo groups is 3. The van der Waals surface area contributed by atoms with E-state index < -0.39 is 0 Å². The Morgan fingerprint density at radius 1 is 0.971 bits per heavy atom. The summed E-state index contributed by atoms with van der Waals surface area (Å²) in [5.74, 6) is 1.59. The molecule has 0 aliphatic rings. The molecule has 0 amide bonds. The number of rotatable bonds is 10. The molecule has 35 heavy (non-hydrogen) atoms. The molecule has 1 aromatic heterocycles. The van der Waals surface area contributed by atoms with Crippen LogP contribution >= 0.6 is 12.0 Å². The highest BCUT2D eigenvalue weighted by Gasteiger charge is 2.19. The van der Waals surface area contributed by atoms with Crippen molar-refractivity contribution in [2.45, 2.75) is 25.7 Å². The Morgan fingerprint density at radius 3 is 2.31 bits per heavy atom.